The van der Waals surface area contributed by atoms with Gasteiger partial charge in [-0.25, -0.2) is 0 Å². The van der Waals surface area contributed by atoms with E-state index in [9.17, 15) is 34.5 Å². The molecular formula is C113H135ClO14. The highest BCUT2D eigenvalue weighted by Crippen LogP contribution is 2.60. The smallest absolute Gasteiger partial charge is 0.310 e. The molecule has 0 radical (unpaired) electrons. The summed E-state index contributed by atoms with van der Waals surface area (Å²) in [6.07, 6.45) is 9.10. The number of hydrogen-bond donors (Lipinski definition) is 3. The first-order chi connectivity index (χ1) is 61.3. The van der Waals surface area contributed by atoms with E-state index < -0.39 is 11.9 Å². The second-order valence-electron chi connectivity index (χ2n) is 37.0. The third kappa shape index (κ3) is 23.8. The molecule has 3 N–H and O–H groups in total. The molecule has 5 heterocycles. The van der Waals surface area contributed by atoms with Gasteiger partial charge < -0.3 is 48.5 Å². The first kappa shape index (κ1) is 96.7. The molecule has 15 heteroatoms. The van der Waals surface area contributed by atoms with Crippen LogP contribution in [0.3, 0.4) is 0 Å². The Morgan fingerprint density at radius 2 is 0.484 bits per heavy atom. The highest BCUT2D eigenvalue weighted by Gasteiger charge is 2.51. The van der Waals surface area contributed by atoms with Crippen LogP contribution in [-0.4, -0.2) is 62.9 Å². The van der Waals surface area contributed by atoms with Crippen molar-refractivity contribution >= 4 is 34.8 Å². The Balaban J connectivity index is 0.000000140. The summed E-state index contributed by atoms with van der Waals surface area (Å²) in [4.78, 5) is 40.3. The Hall–Kier alpha value is -10.4. The Bertz CT molecular complexity index is 4880. The van der Waals surface area contributed by atoms with Crippen LogP contribution < -0.4 is 23.7 Å². The number of ether oxygens (including phenoxy) is 7. The number of aliphatic hydroxyl groups excluding tert-OH is 3. The van der Waals surface area contributed by atoms with Crippen molar-refractivity contribution in [3.8, 4) is 28.7 Å². The van der Waals surface area contributed by atoms with E-state index in [1.807, 2.05) is 27.7 Å². The molecular weight excluding hydrogens is 1620 g/mol. The van der Waals surface area contributed by atoms with Crippen LogP contribution in [0.1, 0.15) is 298 Å². The van der Waals surface area contributed by atoms with E-state index in [0.717, 1.165) is 86.0 Å². The topological polar surface area (TPSA) is 194 Å². The molecule has 5 saturated carbocycles. The first-order valence-corrected chi connectivity index (χ1v) is 47.0. The lowest BCUT2D eigenvalue weighted by Crippen LogP contribution is -2.27. The van der Waals surface area contributed by atoms with Gasteiger partial charge in [-0.15, -0.1) is 0 Å². The molecule has 5 fully saturated rings. The van der Waals surface area contributed by atoms with Gasteiger partial charge in [-0.1, -0.05) is 272 Å². The summed E-state index contributed by atoms with van der Waals surface area (Å²) in [5, 5.41) is 30.3. The lowest BCUT2D eigenvalue weighted by molar-refractivity contribution is -0.156. The van der Waals surface area contributed by atoms with Crippen molar-refractivity contribution in [2.45, 2.75) is 280 Å². The number of aryl methyl sites for hydroxylation is 10. The minimum Gasteiger partial charge on any atom is -0.485 e. The fourth-order valence-corrected chi connectivity index (χ4v) is 21.3. The van der Waals surface area contributed by atoms with Gasteiger partial charge in [0.25, 0.3) is 0 Å². The summed E-state index contributed by atoms with van der Waals surface area (Å²) < 4.78 is 41.5. The average molecular weight is 1750 g/mol. The van der Waals surface area contributed by atoms with E-state index in [1.165, 1.54) is 152 Å². The normalized spacial score (nSPS) is 26.4. The first-order valence-electron chi connectivity index (χ1n) is 46.6. The molecule has 20 rings (SSSR count). The number of carbonyl (C=O) groups excluding carboxylic acids is 4. The summed E-state index contributed by atoms with van der Waals surface area (Å²) in [6.45, 7) is 36.7. The van der Waals surface area contributed by atoms with E-state index in [4.69, 9.17) is 28.4 Å². The molecule has 10 aromatic carbocycles. The zero-order valence-electron chi connectivity index (χ0n) is 78.5. The number of aliphatic hydroxyl groups is 3. The lowest BCUT2D eigenvalue weighted by Gasteiger charge is -2.36. The highest BCUT2D eigenvalue weighted by molar-refractivity contribution is 6.62. The highest BCUT2D eigenvalue weighted by atomic mass is 35.5. The molecule has 0 bridgehead atoms. The van der Waals surface area contributed by atoms with Gasteiger partial charge >= 0.3 is 17.9 Å². The summed E-state index contributed by atoms with van der Waals surface area (Å²) in [5.74, 6) is 8.83. The van der Waals surface area contributed by atoms with Gasteiger partial charge in [0.05, 0.1) is 18.3 Å². The summed E-state index contributed by atoms with van der Waals surface area (Å²) in [5.41, 5.74) is 25.5. The number of esters is 3. The SMILES string of the molecule is CC.CC.CC(=O)Cl.CC(=O)OC(C)=O.CC(=O)O[C@H]1C[C@@H]2[C@H](C1)c1cc(C)ccc1O[C@@H]2c1ccc(C)cc1.Cc1ccc([C@H]2Oc3ccc(C)cc3[C@H]3C[C@@H](C)C[C@H]32)cc1.Cc1ccc([C@H]2Oc3ccc(C)cc3[C@H]3C[C@@H](O)C[C@H]32)cc1.Cc1ccc([C@H]2Oc3ccc(C)cc3[C@H]3C[C@@H](O)C[C@H]32)cc1.Cc1ccc([C@H]2Oc3ccc(C)cc3[C@H]3C[C@@H](O)C[C@H]32)cc1. The summed E-state index contributed by atoms with van der Waals surface area (Å²) in [7, 11) is 0. The standard InChI is InChI=1S/C22H24O3.C21H24O.3C20H22O2.C4H6O3.C2H3ClO.2C2H6/c1-13-4-7-16(8-5-13)22-20-12-17(24-15(3)23)11-18(20)19-10-14(2)6-9-21(19)25-22;1-13-4-7-16(8-5-13)21-19-12-15(3)11-17(19)18-10-14(2)6-9-20(18)22-21;3*1-12-3-6-14(7-4-12)20-18-11-15(21)10-16(18)17-9-13(2)5-8-19(17)22-20;1-3(5)7-4(2)6;1-2(3)4;2*1-2/h4-10,17-18,20,22H,11-12H2,1-3H3;4-10,15,17,19,21H,11-12H2,1-3H3;3*3-9,15-16,18,20-21H,10-11H2,1-2H3;1-2H3;1H3;2*1-2H3/t17-,18-,20-,22-;15-,17-,19-,21-;3*15-,16-,18-,20-;;;;/m11111..../s1. The van der Waals surface area contributed by atoms with Crippen LogP contribution in [0.5, 0.6) is 28.7 Å². The van der Waals surface area contributed by atoms with Gasteiger partial charge in [-0.2, -0.15) is 0 Å². The maximum absolute atomic E-state index is 11.4. The molecule has 5 aliphatic heterocycles. The van der Waals surface area contributed by atoms with Gasteiger partial charge in [0.1, 0.15) is 65.4 Å². The van der Waals surface area contributed by atoms with Crippen LogP contribution in [0.4, 0.5) is 0 Å². The molecule has 128 heavy (non-hydrogen) atoms. The number of hydrogen-bond acceptors (Lipinski definition) is 14. The molecule has 0 spiro atoms. The number of rotatable bonds is 6. The van der Waals surface area contributed by atoms with E-state index >= 15 is 0 Å². The van der Waals surface area contributed by atoms with Crippen LogP contribution in [-0.2, 0) is 28.7 Å². The minimum absolute atomic E-state index is 0.0152. The Morgan fingerprint density at radius 3 is 0.703 bits per heavy atom. The van der Waals surface area contributed by atoms with Crippen molar-refractivity contribution in [1.82, 2.24) is 0 Å². The molecule has 0 amide bonds. The Labute approximate surface area is 765 Å². The van der Waals surface area contributed by atoms with E-state index in [0.29, 0.717) is 59.2 Å². The third-order valence-electron chi connectivity index (χ3n) is 26.9. The van der Waals surface area contributed by atoms with Crippen LogP contribution >= 0.6 is 11.6 Å². The minimum atomic E-state index is -0.562. The molecule has 14 nitrogen and oxygen atoms in total. The molecule has 0 aromatic heterocycles. The summed E-state index contributed by atoms with van der Waals surface area (Å²) in [6, 6.07) is 75.8. The predicted octanol–water partition coefficient (Wildman–Crippen LogP) is 26.2. The van der Waals surface area contributed by atoms with Crippen LogP contribution in [0.25, 0.3) is 0 Å². The quantitative estimate of drug-likeness (QED) is 0.0808. The van der Waals surface area contributed by atoms with E-state index in [1.54, 1.807) is 0 Å². The van der Waals surface area contributed by atoms with Crippen LogP contribution in [0.15, 0.2) is 212 Å². The van der Waals surface area contributed by atoms with Crippen molar-refractivity contribution in [2.75, 3.05) is 0 Å². The van der Waals surface area contributed by atoms with Gasteiger partial charge in [0, 0.05) is 57.3 Å². The molecule has 678 valence electrons. The second kappa shape index (κ2) is 43.8. The Kier molecular flexibility index (Phi) is 33.1. The third-order valence-corrected chi connectivity index (χ3v) is 26.9. The Morgan fingerprint density at radius 1 is 0.281 bits per heavy atom. The maximum Gasteiger partial charge on any atom is 0.310 e. The van der Waals surface area contributed by atoms with Crippen molar-refractivity contribution in [1.29, 1.82) is 0 Å². The summed E-state index contributed by atoms with van der Waals surface area (Å²) >= 11 is 4.64. The molecule has 5 aliphatic carbocycles. The fourth-order valence-electron chi connectivity index (χ4n) is 21.3. The molecule has 0 saturated heterocycles. The molecule has 0 unspecified atom stereocenters. The zero-order valence-corrected chi connectivity index (χ0v) is 79.3. The van der Waals surface area contributed by atoms with Crippen molar-refractivity contribution in [3.05, 3.63) is 324 Å². The zero-order chi connectivity index (χ0) is 92.1. The van der Waals surface area contributed by atoms with Crippen molar-refractivity contribution < 1.29 is 67.7 Å². The second-order valence-corrected chi connectivity index (χ2v) is 37.5. The van der Waals surface area contributed by atoms with Crippen LogP contribution in [0, 0.1) is 105 Å². The van der Waals surface area contributed by atoms with E-state index in [2.05, 4.69) is 305 Å². The van der Waals surface area contributed by atoms with Gasteiger partial charge in [0.15, 0.2) is 0 Å². The molecule has 20 atom stereocenters. The van der Waals surface area contributed by atoms with Gasteiger partial charge in [-0.05, 0) is 267 Å². The number of carbonyl (C=O) groups is 4. The van der Waals surface area contributed by atoms with Crippen LogP contribution in [0.2, 0.25) is 0 Å². The predicted molar refractivity (Wildman–Crippen MR) is 510 cm³/mol. The van der Waals surface area contributed by atoms with Crippen molar-refractivity contribution in [2.24, 2.45) is 35.5 Å². The lowest BCUT2D eigenvalue weighted by atomic mass is 9.79. The largest absolute Gasteiger partial charge is 0.485 e. The number of fused-ring (bicyclic) bond motifs is 15. The monoisotopic (exact) mass is 1750 g/mol. The molecule has 10 aromatic rings. The molecule has 10 aliphatic rings. The maximum atomic E-state index is 11.4. The average Bonchev–Trinajstić information content (AvgIpc) is 1.61. The number of halogens is 1. The van der Waals surface area contributed by atoms with Gasteiger partial charge in [0.2, 0.25) is 5.24 Å². The fraction of sp³-hybridized carbons (Fsp3) is 0.434. The van der Waals surface area contributed by atoms with E-state index in [-0.39, 0.29) is 66.1 Å². The number of benzene rings is 10. The van der Waals surface area contributed by atoms with Gasteiger partial charge in [-0.3, -0.25) is 19.2 Å². The van der Waals surface area contributed by atoms with Crippen molar-refractivity contribution in [3.63, 3.8) is 0 Å².